The lowest BCUT2D eigenvalue weighted by Crippen LogP contribution is -2.43. The molecule has 0 saturated heterocycles. The van der Waals surface area contributed by atoms with E-state index in [2.05, 4.69) is 12.2 Å². The summed E-state index contributed by atoms with van der Waals surface area (Å²) in [6.07, 6.45) is 8.14. The fourth-order valence-electron chi connectivity index (χ4n) is 2.66. The first-order valence-corrected chi connectivity index (χ1v) is 7.74. The normalized spacial score (nSPS) is 19.7. The predicted octanol–water partition coefficient (Wildman–Crippen LogP) is 3.23. The summed E-state index contributed by atoms with van der Waals surface area (Å²) in [7, 11) is 0. The zero-order chi connectivity index (χ0) is 14.1. The van der Waals surface area contributed by atoms with E-state index < -0.39 is 12.2 Å². The largest absolute Gasteiger partial charge is 0.450 e. The van der Waals surface area contributed by atoms with Crippen molar-refractivity contribution in [1.82, 2.24) is 5.32 Å². The zero-order valence-electron chi connectivity index (χ0n) is 12.4. The third-order valence-corrected chi connectivity index (χ3v) is 3.93. The maximum atomic E-state index is 11.6. The van der Waals surface area contributed by atoms with Gasteiger partial charge in [-0.05, 0) is 25.7 Å². The quantitative estimate of drug-likeness (QED) is 0.699. The molecule has 2 N–H and O–H groups in total. The van der Waals surface area contributed by atoms with Crippen LogP contribution in [-0.2, 0) is 4.74 Å². The van der Waals surface area contributed by atoms with Crippen molar-refractivity contribution in [2.24, 2.45) is 5.92 Å². The van der Waals surface area contributed by atoms with Crippen LogP contribution in [0.25, 0.3) is 0 Å². The van der Waals surface area contributed by atoms with Gasteiger partial charge < -0.3 is 15.2 Å². The molecule has 0 bridgehead atoms. The SMILES string of the molecule is CCCCOC(=O)N[C@@H](CC1CCCCC1)[C@@H](C)O. The van der Waals surface area contributed by atoms with Gasteiger partial charge in [0.25, 0.3) is 0 Å². The Morgan fingerprint density at radius 2 is 2.05 bits per heavy atom. The molecule has 1 aliphatic rings. The van der Waals surface area contributed by atoms with Gasteiger partial charge >= 0.3 is 6.09 Å². The Labute approximate surface area is 116 Å². The van der Waals surface area contributed by atoms with E-state index in [1.54, 1.807) is 6.92 Å². The molecule has 0 aliphatic heterocycles. The van der Waals surface area contributed by atoms with Crippen molar-refractivity contribution in [3.63, 3.8) is 0 Å². The molecule has 112 valence electrons. The minimum Gasteiger partial charge on any atom is -0.450 e. The van der Waals surface area contributed by atoms with E-state index in [9.17, 15) is 9.90 Å². The number of nitrogens with one attached hydrogen (secondary N) is 1. The van der Waals surface area contributed by atoms with Crippen LogP contribution in [0.1, 0.15) is 65.2 Å². The van der Waals surface area contributed by atoms with Crippen LogP contribution in [-0.4, -0.2) is 30.0 Å². The standard InChI is InChI=1S/C15H29NO3/c1-3-4-10-19-15(18)16-14(12(2)17)11-13-8-6-5-7-9-13/h12-14,17H,3-11H2,1-2H3,(H,16,18)/t12-,14+/m1/s1. The lowest BCUT2D eigenvalue weighted by atomic mass is 9.84. The number of hydrogen-bond donors (Lipinski definition) is 2. The van der Waals surface area contributed by atoms with E-state index in [0.29, 0.717) is 12.5 Å². The van der Waals surface area contributed by atoms with Crippen LogP contribution in [0.2, 0.25) is 0 Å². The van der Waals surface area contributed by atoms with Gasteiger partial charge in [-0.2, -0.15) is 0 Å². The number of carbonyl (C=O) groups is 1. The molecule has 1 rings (SSSR count). The van der Waals surface area contributed by atoms with Crippen molar-refractivity contribution in [2.45, 2.75) is 77.4 Å². The summed E-state index contributed by atoms with van der Waals surface area (Å²) in [5.41, 5.74) is 0. The van der Waals surface area contributed by atoms with E-state index in [0.717, 1.165) is 19.3 Å². The molecule has 2 atom stereocenters. The molecular formula is C15H29NO3. The highest BCUT2D eigenvalue weighted by Crippen LogP contribution is 2.27. The molecule has 0 unspecified atom stereocenters. The fraction of sp³-hybridized carbons (Fsp3) is 0.933. The molecule has 0 radical (unpaired) electrons. The molecule has 4 heteroatoms. The Balaban J connectivity index is 2.32. The fourth-order valence-corrected chi connectivity index (χ4v) is 2.66. The number of aliphatic hydroxyl groups is 1. The summed E-state index contributed by atoms with van der Waals surface area (Å²) in [6.45, 7) is 4.25. The van der Waals surface area contributed by atoms with E-state index in [1.807, 2.05) is 0 Å². The smallest absolute Gasteiger partial charge is 0.407 e. The summed E-state index contributed by atoms with van der Waals surface area (Å²) in [5.74, 6) is 0.629. The van der Waals surface area contributed by atoms with Gasteiger partial charge in [-0.3, -0.25) is 0 Å². The van der Waals surface area contributed by atoms with Crippen LogP contribution in [0, 0.1) is 5.92 Å². The third kappa shape index (κ3) is 6.81. The third-order valence-electron chi connectivity index (χ3n) is 3.93. The number of hydrogen-bond acceptors (Lipinski definition) is 3. The molecule has 1 fully saturated rings. The van der Waals surface area contributed by atoms with E-state index in [1.165, 1.54) is 32.1 Å². The second-order valence-electron chi connectivity index (χ2n) is 5.72. The minimum absolute atomic E-state index is 0.183. The Bertz CT molecular complexity index is 250. The number of aliphatic hydroxyl groups excluding tert-OH is 1. The van der Waals surface area contributed by atoms with Gasteiger partial charge in [0.1, 0.15) is 0 Å². The van der Waals surface area contributed by atoms with Crippen molar-refractivity contribution in [2.75, 3.05) is 6.61 Å². The Hall–Kier alpha value is -0.770. The second-order valence-corrected chi connectivity index (χ2v) is 5.72. The Kier molecular flexibility index (Phi) is 7.87. The van der Waals surface area contributed by atoms with Gasteiger partial charge in [0.15, 0.2) is 0 Å². The van der Waals surface area contributed by atoms with Crippen LogP contribution in [0.4, 0.5) is 4.79 Å². The van der Waals surface area contributed by atoms with Crippen molar-refractivity contribution in [3.8, 4) is 0 Å². The van der Waals surface area contributed by atoms with E-state index >= 15 is 0 Å². The maximum Gasteiger partial charge on any atom is 0.407 e. The van der Waals surface area contributed by atoms with Crippen LogP contribution < -0.4 is 5.32 Å². The first kappa shape index (κ1) is 16.3. The van der Waals surface area contributed by atoms with Gasteiger partial charge in [0, 0.05) is 0 Å². The molecule has 0 aromatic carbocycles. The van der Waals surface area contributed by atoms with Crippen LogP contribution >= 0.6 is 0 Å². The van der Waals surface area contributed by atoms with Crippen LogP contribution in [0.3, 0.4) is 0 Å². The first-order chi connectivity index (χ1) is 9.13. The van der Waals surface area contributed by atoms with E-state index in [4.69, 9.17) is 4.74 Å². The minimum atomic E-state index is -0.527. The molecule has 0 heterocycles. The predicted molar refractivity (Wildman–Crippen MR) is 76.1 cm³/mol. The summed E-state index contributed by atoms with van der Waals surface area (Å²) in [4.78, 5) is 11.6. The van der Waals surface area contributed by atoms with Crippen molar-refractivity contribution in [1.29, 1.82) is 0 Å². The maximum absolute atomic E-state index is 11.6. The number of carbonyl (C=O) groups excluding carboxylic acids is 1. The van der Waals surface area contributed by atoms with E-state index in [-0.39, 0.29) is 6.04 Å². The summed E-state index contributed by atoms with van der Waals surface area (Å²) in [6, 6.07) is -0.183. The zero-order valence-corrected chi connectivity index (χ0v) is 12.4. The molecule has 1 saturated carbocycles. The highest BCUT2D eigenvalue weighted by Gasteiger charge is 2.24. The summed E-state index contributed by atoms with van der Waals surface area (Å²) in [5, 5.41) is 12.6. The number of ether oxygens (including phenoxy) is 1. The van der Waals surface area contributed by atoms with Gasteiger partial charge in [0.2, 0.25) is 0 Å². The average molecular weight is 271 g/mol. The molecule has 0 aromatic heterocycles. The molecule has 1 aliphatic carbocycles. The first-order valence-electron chi connectivity index (χ1n) is 7.74. The average Bonchev–Trinajstić information content (AvgIpc) is 2.39. The highest BCUT2D eigenvalue weighted by molar-refractivity contribution is 5.67. The summed E-state index contributed by atoms with van der Waals surface area (Å²) >= 11 is 0. The van der Waals surface area contributed by atoms with Crippen molar-refractivity contribution in [3.05, 3.63) is 0 Å². The van der Waals surface area contributed by atoms with Gasteiger partial charge in [-0.1, -0.05) is 45.4 Å². The monoisotopic (exact) mass is 271 g/mol. The molecular weight excluding hydrogens is 242 g/mol. The number of amides is 1. The molecule has 1 amide bonds. The number of unbranched alkanes of at least 4 members (excludes halogenated alkanes) is 1. The van der Waals surface area contributed by atoms with Crippen molar-refractivity contribution >= 4 is 6.09 Å². The number of rotatable bonds is 7. The topological polar surface area (TPSA) is 58.6 Å². The lowest BCUT2D eigenvalue weighted by Gasteiger charge is -2.28. The Morgan fingerprint density at radius 3 is 2.63 bits per heavy atom. The second kappa shape index (κ2) is 9.18. The van der Waals surface area contributed by atoms with Gasteiger partial charge in [0.05, 0.1) is 18.8 Å². The van der Waals surface area contributed by atoms with Crippen molar-refractivity contribution < 1.29 is 14.6 Å². The van der Waals surface area contributed by atoms with Crippen LogP contribution in [0.5, 0.6) is 0 Å². The lowest BCUT2D eigenvalue weighted by molar-refractivity contribution is 0.101. The van der Waals surface area contributed by atoms with Gasteiger partial charge in [-0.15, -0.1) is 0 Å². The number of alkyl carbamates (subject to hydrolysis) is 1. The Morgan fingerprint density at radius 1 is 1.37 bits per heavy atom. The van der Waals surface area contributed by atoms with Crippen LogP contribution in [0.15, 0.2) is 0 Å². The molecule has 19 heavy (non-hydrogen) atoms. The van der Waals surface area contributed by atoms with Gasteiger partial charge in [-0.25, -0.2) is 4.79 Å². The molecule has 4 nitrogen and oxygen atoms in total. The summed E-state index contributed by atoms with van der Waals surface area (Å²) < 4.78 is 5.09. The molecule has 0 aromatic rings. The highest BCUT2D eigenvalue weighted by atomic mass is 16.5. The molecule has 0 spiro atoms.